The van der Waals surface area contributed by atoms with Gasteiger partial charge in [-0.15, -0.1) is 0 Å². The Morgan fingerprint density at radius 1 is 1.28 bits per heavy atom. The van der Waals surface area contributed by atoms with E-state index >= 15 is 0 Å². The van der Waals surface area contributed by atoms with E-state index in [4.69, 9.17) is 16.4 Å². The summed E-state index contributed by atoms with van der Waals surface area (Å²) in [5, 5.41) is 15.2. The molecule has 0 radical (unpaired) electrons. The number of carbonyl (C=O) groups excluding carboxylic acids is 1. The van der Waals surface area contributed by atoms with Crippen LogP contribution in [0.3, 0.4) is 0 Å². The molecule has 0 aliphatic carbocycles. The largest absolute Gasteiger partial charge is 0.507 e. The number of para-hydroxylation sites is 1. The maximum absolute atomic E-state index is 12.7. The molecule has 1 amide bonds. The van der Waals surface area contributed by atoms with E-state index in [0.29, 0.717) is 5.56 Å². The summed E-state index contributed by atoms with van der Waals surface area (Å²) in [7, 11) is 0. The van der Waals surface area contributed by atoms with Gasteiger partial charge in [-0.1, -0.05) is 28.9 Å². The fourth-order valence-electron chi connectivity index (χ4n) is 1.77. The maximum Gasteiger partial charge on any atom is 0.416 e. The molecular weight excluding hydrogens is 361 g/mol. The average molecular weight is 373 g/mol. The van der Waals surface area contributed by atoms with Crippen LogP contribution in [0, 0.1) is 0 Å². The molecule has 0 spiro atoms. The third kappa shape index (κ3) is 5.39. The Hall–Kier alpha value is -2.74. The topological polar surface area (TPSA) is 70.9 Å². The highest BCUT2D eigenvalue weighted by atomic mass is 35.5. The van der Waals surface area contributed by atoms with Gasteiger partial charge in [-0.25, -0.2) is 0 Å². The number of aromatic hydroxyl groups is 1. The summed E-state index contributed by atoms with van der Waals surface area (Å²) in [6, 6.07) is 8.89. The Morgan fingerprint density at radius 3 is 2.68 bits per heavy atom. The number of oxime groups is 1. The van der Waals surface area contributed by atoms with Crippen molar-refractivity contribution >= 4 is 29.4 Å². The van der Waals surface area contributed by atoms with Crippen LogP contribution in [-0.2, 0) is 15.8 Å². The normalized spacial score (nSPS) is 11.5. The quantitative estimate of drug-likeness (QED) is 0.614. The summed E-state index contributed by atoms with van der Waals surface area (Å²) in [4.78, 5) is 16.4. The number of amides is 1. The Balaban J connectivity index is 1.93. The van der Waals surface area contributed by atoms with Crippen LogP contribution < -0.4 is 5.32 Å². The minimum atomic E-state index is -4.55. The Kier molecular flexibility index (Phi) is 5.87. The van der Waals surface area contributed by atoms with Gasteiger partial charge in [0.15, 0.2) is 6.61 Å². The van der Waals surface area contributed by atoms with Crippen molar-refractivity contribution in [2.24, 2.45) is 5.16 Å². The average Bonchev–Trinajstić information content (AvgIpc) is 2.54. The van der Waals surface area contributed by atoms with E-state index in [9.17, 15) is 23.1 Å². The molecule has 132 valence electrons. The van der Waals surface area contributed by atoms with Gasteiger partial charge in [0.1, 0.15) is 5.75 Å². The lowest BCUT2D eigenvalue weighted by Crippen LogP contribution is -2.18. The van der Waals surface area contributed by atoms with E-state index in [1.165, 1.54) is 12.3 Å². The minimum absolute atomic E-state index is 0.0185. The Bertz CT molecular complexity index is 794. The lowest BCUT2D eigenvalue weighted by Gasteiger charge is -2.11. The number of phenols is 1. The molecule has 25 heavy (non-hydrogen) atoms. The molecule has 0 atom stereocenters. The number of nitrogens with zero attached hydrogens (tertiary/aromatic N) is 1. The van der Waals surface area contributed by atoms with E-state index in [2.05, 4.69) is 10.5 Å². The van der Waals surface area contributed by atoms with Gasteiger partial charge < -0.3 is 15.3 Å². The number of halogens is 4. The van der Waals surface area contributed by atoms with Crippen molar-refractivity contribution in [1.82, 2.24) is 0 Å². The van der Waals surface area contributed by atoms with Crippen LogP contribution in [0.4, 0.5) is 18.9 Å². The molecule has 2 aromatic rings. The summed E-state index contributed by atoms with van der Waals surface area (Å²) in [6.07, 6.45) is -3.36. The third-order valence-electron chi connectivity index (χ3n) is 2.97. The number of hydrogen-bond donors (Lipinski definition) is 2. The van der Waals surface area contributed by atoms with Gasteiger partial charge in [-0.05, 0) is 30.3 Å². The van der Waals surface area contributed by atoms with E-state index < -0.39 is 24.3 Å². The lowest BCUT2D eigenvalue weighted by atomic mass is 10.2. The van der Waals surface area contributed by atoms with Crippen LogP contribution in [0.25, 0.3) is 0 Å². The van der Waals surface area contributed by atoms with Gasteiger partial charge in [0.2, 0.25) is 0 Å². The standard InChI is InChI=1S/C16H12ClF3N2O3/c17-12-6-5-11(16(18,19)20)7-13(12)22-15(24)9-25-21-8-10-3-1-2-4-14(10)23/h1-8,23H,9H2,(H,22,24). The van der Waals surface area contributed by atoms with E-state index in [1.54, 1.807) is 18.2 Å². The number of phenolic OH excluding ortho intramolecular Hbond substituents is 1. The molecule has 0 fully saturated rings. The monoisotopic (exact) mass is 372 g/mol. The summed E-state index contributed by atoms with van der Waals surface area (Å²) < 4.78 is 38.0. The van der Waals surface area contributed by atoms with Crippen molar-refractivity contribution < 1.29 is 27.9 Å². The first-order valence-corrected chi connectivity index (χ1v) is 7.25. The molecule has 0 unspecified atom stereocenters. The summed E-state index contributed by atoms with van der Waals surface area (Å²) in [6.45, 7) is -0.545. The van der Waals surface area contributed by atoms with Gasteiger partial charge in [-0.3, -0.25) is 4.79 Å². The van der Waals surface area contributed by atoms with Crippen LogP contribution in [0.15, 0.2) is 47.6 Å². The molecule has 0 aliphatic heterocycles. The molecule has 0 bridgehead atoms. The molecule has 2 rings (SSSR count). The zero-order chi connectivity index (χ0) is 18.4. The second-order valence-corrected chi connectivity index (χ2v) is 5.21. The molecule has 0 saturated heterocycles. The van der Waals surface area contributed by atoms with Crippen molar-refractivity contribution in [3.8, 4) is 5.75 Å². The van der Waals surface area contributed by atoms with Crippen molar-refractivity contribution in [1.29, 1.82) is 0 Å². The zero-order valence-corrected chi connectivity index (χ0v) is 13.3. The van der Waals surface area contributed by atoms with Crippen molar-refractivity contribution in [3.05, 3.63) is 58.6 Å². The van der Waals surface area contributed by atoms with Crippen molar-refractivity contribution in [2.75, 3.05) is 11.9 Å². The maximum atomic E-state index is 12.7. The van der Waals surface area contributed by atoms with Crippen molar-refractivity contribution in [3.63, 3.8) is 0 Å². The van der Waals surface area contributed by atoms with E-state index in [1.807, 2.05) is 0 Å². The van der Waals surface area contributed by atoms with Gasteiger partial charge in [0.25, 0.3) is 5.91 Å². The second-order valence-electron chi connectivity index (χ2n) is 4.81. The van der Waals surface area contributed by atoms with Crippen LogP contribution in [0.5, 0.6) is 5.75 Å². The highest BCUT2D eigenvalue weighted by molar-refractivity contribution is 6.33. The SMILES string of the molecule is O=C(CON=Cc1ccccc1O)Nc1cc(C(F)(F)F)ccc1Cl. The number of benzene rings is 2. The highest BCUT2D eigenvalue weighted by Crippen LogP contribution is 2.33. The van der Waals surface area contributed by atoms with E-state index in [-0.39, 0.29) is 16.5 Å². The molecule has 5 nitrogen and oxygen atoms in total. The first-order chi connectivity index (χ1) is 11.8. The molecule has 2 aromatic carbocycles. The fraction of sp³-hybridized carbons (Fsp3) is 0.125. The first kappa shape index (κ1) is 18.6. The van der Waals surface area contributed by atoms with Crippen molar-refractivity contribution in [2.45, 2.75) is 6.18 Å². The van der Waals surface area contributed by atoms with Crippen LogP contribution in [0.1, 0.15) is 11.1 Å². The minimum Gasteiger partial charge on any atom is -0.507 e. The summed E-state index contributed by atoms with van der Waals surface area (Å²) in [5.41, 5.74) is -0.746. The first-order valence-electron chi connectivity index (χ1n) is 6.87. The lowest BCUT2D eigenvalue weighted by molar-refractivity contribution is -0.137. The molecule has 9 heteroatoms. The molecule has 0 saturated carbocycles. The predicted octanol–water partition coefficient (Wildman–Crippen LogP) is 4.05. The Morgan fingerprint density at radius 2 is 2.00 bits per heavy atom. The third-order valence-corrected chi connectivity index (χ3v) is 3.30. The van der Waals surface area contributed by atoms with Gasteiger partial charge in [-0.2, -0.15) is 13.2 Å². The predicted molar refractivity (Wildman–Crippen MR) is 86.7 cm³/mol. The number of rotatable bonds is 5. The van der Waals surface area contributed by atoms with Gasteiger partial charge in [0, 0.05) is 5.56 Å². The van der Waals surface area contributed by atoms with Crippen LogP contribution >= 0.6 is 11.6 Å². The molecule has 2 N–H and O–H groups in total. The number of carbonyl (C=O) groups is 1. The summed E-state index contributed by atoms with van der Waals surface area (Å²) >= 11 is 5.77. The highest BCUT2D eigenvalue weighted by Gasteiger charge is 2.31. The van der Waals surface area contributed by atoms with Gasteiger partial charge >= 0.3 is 6.18 Å². The Labute approximate surface area is 145 Å². The smallest absolute Gasteiger partial charge is 0.416 e. The number of anilines is 1. The second kappa shape index (κ2) is 7.89. The molecular formula is C16H12ClF3N2O3. The van der Waals surface area contributed by atoms with Crippen LogP contribution in [0.2, 0.25) is 5.02 Å². The fourth-order valence-corrected chi connectivity index (χ4v) is 1.94. The molecule has 0 aliphatic rings. The van der Waals surface area contributed by atoms with Gasteiger partial charge in [0.05, 0.1) is 22.5 Å². The van der Waals surface area contributed by atoms with E-state index in [0.717, 1.165) is 18.2 Å². The number of hydrogen-bond acceptors (Lipinski definition) is 4. The summed E-state index contributed by atoms with van der Waals surface area (Å²) in [5.74, 6) is -0.759. The van der Waals surface area contributed by atoms with Crippen LogP contribution in [-0.4, -0.2) is 23.8 Å². The zero-order valence-electron chi connectivity index (χ0n) is 12.5. The number of alkyl halides is 3. The molecule has 0 heterocycles. The number of nitrogens with one attached hydrogen (secondary N) is 1. The molecule has 0 aromatic heterocycles.